The normalized spacial score (nSPS) is 30.4. The van der Waals surface area contributed by atoms with Gasteiger partial charge in [-0.2, -0.15) is 0 Å². The third-order valence-corrected chi connectivity index (χ3v) is 11.6. The molecule has 376 valence electrons. The van der Waals surface area contributed by atoms with Gasteiger partial charge in [0.1, 0.15) is 59.3 Å². The molecule has 13 atom stereocenters. The Labute approximate surface area is 389 Å². The zero-order chi connectivity index (χ0) is 50.1. The lowest BCUT2D eigenvalue weighted by Crippen LogP contribution is -2.64. The van der Waals surface area contributed by atoms with Crippen LogP contribution in [0.1, 0.15) is 5.56 Å². The fourth-order valence-electron chi connectivity index (χ4n) is 7.71. The van der Waals surface area contributed by atoms with E-state index in [1.807, 2.05) is 0 Å². The molecular formula is C44H50O25. The van der Waals surface area contributed by atoms with Gasteiger partial charge in [0.15, 0.2) is 65.0 Å². The van der Waals surface area contributed by atoms with Crippen molar-refractivity contribution in [1.29, 1.82) is 0 Å². The van der Waals surface area contributed by atoms with Gasteiger partial charge < -0.3 is 113 Å². The molecule has 0 radical (unpaired) electrons. The number of carbonyl (C=O) groups excluding carboxylic acids is 1. The number of phenolic OH excluding ortho intramolecular Hbond substituents is 4. The number of benzene rings is 3. The predicted molar refractivity (Wildman–Crippen MR) is 227 cm³/mol. The number of carbonyl (C=O) groups is 1. The van der Waals surface area contributed by atoms with Crippen LogP contribution in [0, 0.1) is 0 Å². The second kappa shape index (κ2) is 20.9. The molecular weight excluding hydrogens is 928 g/mol. The zero-order valence-corrected chi connectivity index (χ0v) is 36.6. The number of hydrogen-bond donors (Lipinski definition) is 12. The molecule has 0 unspecified atom stereocenters. The molecule has 25 heteroatoms. The molecule has 69 heavy (non-hydrogen) atoms. The van der Waals surface area contributed by atoms with Crippen LogP contribution in [0.3, 0.4) is 0 Å². The minimum Gasteiger partial charge on any atom is -0.504 e. The summed E-state index contributed by atoms with van der Waals surface area (Å²) < 4.78 is 61.8. The van der Waals surface area contributed by atoms with Crippen LogP contribution in [0.2, 0.25) is 0 Å². The number of ether oxygens (including phenoxy) is 10. The zero-order valence-electron chi connectivity index (χ0n) is 36.6. The Kier molecular flexibility index (Phi) is 15.4. The molecule has 7 rings (SSSR count). The second-order valence-electron chi connectivity index (χ2n) is 16.0. The van der Waals surface area contributed by atoms with Crippen molar-refractivity contribution in [3.8, 4) is 57.3 Å². The van der Waals surface area contributed by atoms with E-state index in [0.29, 0.717) is 5.56 Å². The number of aliphatic hydroxyl groups is 8. The molecule has 3 aromatic carbocycles. The second-order valence-corrected chi connectivity index (χ2v) is 16.0. The smallest absolute Gasteiger partial charge is 0.331 e. The first-order chi connectivity index (χ1) is 32.9. The van der Waals surface area contributed by atoms with Crippen LogP contribution < -0.4 is 24.4 Å². The highest BCUT2D eigenvalue weighted by molar-refractivity contribution is 5.91. The highest BCUT2D eigenvalue weighted by atomic mass is 16.8. The lowest BCUT2D eigenvalue weighted by atomic mass is 9.97. The van der Waals surface area contributed by atoms with Gasteiger partial charge in [-0.05, 0) is 42.0 Å². The largest absolute Gasteiger partial charge is 0.504 e. The van der Waals surface area contributed by atoms with E-state index in [2.05, 4.69) is 0 Å². The van der Waals surface area contributed by atoms with Crippen LogP contribution in [-0.2, 0) is 33.2 Å². The Balaban J connectivity index is 1.24. The summed E-state index contributed by atoms with van der Waals surface area (Å²) in [4.78, 5) is 27.6. The number of hydrogen-bond acceptors (Lipinski definition) is 25. The summed E-state index contributed by atoms with van der Waals surface area (Å²) in [5.74, 6) is -5.03. The first-order valence-electron chi connectivity index (χ1n) is 20.8. The molecule has 4 heterocycles. The summed E-state index contributed by atoms with van der Waals surface area (Å²) in [6, 6.07) is 8.76. The van der Waals surface area contributed by atoms with E-state index in [1.54, 1.807) is 0 Å². The summed E-state index contributed by atoms with van der Waals surface area (Å²) >= 11 is 0. The van der Waals surface area contributed by atoms with Crippen LogP contribution in [0.25, 0.3) is 28.4 Å². The van der Waals surface area contributed by atoms with Crippen LogP contribution in [0.15, 0.2) is 57.8 Å². The topological polar surface area (TPSA) is 382 Å². The monoisotopic (exact) mass is 978 g/mol. The molecule has 3 aliphatic heterocycles. The van der Waals surface area contributed by atoms with Crippen molar-refractivity contribution in [1.82, 2.24) is 0 Å². The third kappa shape index (κ3) is 10.0. The Morgan fingerprint density at radius 3 is 2.07 bits per heavy atom. The average molecular weight is 979 g/mol. The van der Waals surface area contributed by atoms with E-state index in [1.165, 1.54) is 56.7 Å². The third-order valence-electron chi connectivity index (χ3n) is 11.6. The summed E-state index contributed by atoms with van der Waals surface area (Å²) in [5.41, 5.74) is -3.50. The minimum atomic E-state index is -2.26. The lowest BCUT2D eigenvalue weighted by molar-refractivity contribution is -0.338. The van der Waals surface area contributed by atoms with Gasteiger partial charge in [-0.25, -0.2) is 4.79 Å². The summed E-state index contributed by atoms with van der Waals surface area (Å²) in [6.07, 6.45) is -20.8. The molecule has 12 N–H and O–H groups in total. The van der Waals surface area contributed by atoms with Gasteiger partial charge in [-0.15, -0.1) is 0 Å². The van der Waals surface area contributed by atoms with E-state index in [4.69, 9.17) is 51.8 Å². The maximum Gasteiger partial charge on any atom is 0.331 e. The quantitative estimate of drug-likeness (QED) is 0.0428. The molecule has 25 nitrogen and oxygen atoms in total. The molecule has 0 spiro atoms. The summed E-state index contributed by atoms with van der Waals surface area (Å²) in [7, 11) is 3.63. The summed E-state index contributed by atoms with van der Waals surface area (Å²) in [5, 5.41) is 128. The minimum absolute atomic E-state index is 0.0309. The highest BCUT2D eigenvalue weighted by Crippen LogP contribution is 2.45. The van der Waals surface area contributed by atoms with E-state index < -0.39 is 157 Å². The van der Waals surface area contributed by atoms with E-state index >= 15 is 0 Å². The molecule has 0 amide bonds. The van der Waals surface area contributed by atoms with E-state index in [9.17, 15) is 70.9 Å². The Hall–Kier alpha value is -6.04. The van der Waals surface area contributed by atoms with Gasteiger partial charge in [0, 0.05) is 17.7 Å². The lowest BCUT2D eigenvalue weighted by Gasteiger charge is -2.44. The number of methoxy groups -OCH3 is 3. The van der Waals surface area contributed by atoms with Crippen molar-refractivity contribution in [3.05, 3.63) is 64.3 Å². The molecule has 0 aliphatic carbocycles. The molecule has 0 bridgehead atoms. The van der Waals surface area contributed by atoms with Crippen molar-refractivity contribution in [2.45, 2.75) is 79.4 Å². The van der Waals surface area contributed by atoms with Gasteiger partial charge in [0.2, 0.25) is 23.2 Å². The standard InChI is InChI=1S/C44H50O25/c1-59-22-10-17(4-7-19(22)47)5-9-27(50)67-38-33(55)29(51)25(13-45)65-41(38)62-14-26-30(52)34(56)39(69-43-40(57)44(58,15-46)16-63-43)42(66-26)68-37-32(54)28-24(12-21(49)36(61-3)31(28)53)64-35(37)18-6-8-20(48)23(11-18)60-2/h4-12,25-26,29-30,33-34,38-43,45-49,51-53,55-58H,13-16H2,1-3H3/b9-5+/t25-,26-,29-,30-,33+,34+,38-,39-,40+,41-,42+,43+,44-/m1/s1. The number of phenols is 4. The van der Waals surface area contributed by atoms with Crippen molar-refractivity contribution >= 4 is 23.0 Å². The number of esters is 1. The molecule has 3 fully saturated rings. The van der Waals surface area contributed by atoms with Crippen molar-refractivity contribution < 1.29 is 118 Å². The fourth-order valence-corrected chi connectivity index (χ4v) is 7.71. The van der Waals surface area contributed by atoms with Crippen LogP contribution in [0.5, 0.6) is 46.0 Å². The SMILES string of the molecule is COc1cc(/C=C/C(=O)O[C@H]2[C@H](OC[C@H]3O[C@@H](Oc4c(-c5ccc(O)c(OC)c5)oc5cc(O)c(OC)c(O)c5c4=O)[C@H](O[C@@H]4OC[C@](O)(CO)[C@H]4O)[C@@H](O)[C@@H]3O)O[C@H](CO)[C@@H](O)[C@@H]2O)ccc1O. The number of rotatable bonds is 16. The van der Waals surface area contributed by atoms with Crippen LogP contribution >= 0.6 is 0 Å². The maximum atomic E-state index is 14.6. The van der Waals surface area contributed by atoms with Gasteiger partial charge in [0.25, 0.3) is 0 Å². The number of aliphatic hydroxyl groups excluding tert-OH is 7. The first-order valence-corrected chi connectivity index (χ1v) is 20.8. The predicted octanol–water partition coefficient (Wildman–Crippen LogP) is -1.96. The molecule has 3 saturated heterocycles. The maximum absolute atomic E-state index is 14.6. The number of aromatic hydroxyl groups is 4. The molecule has 0 saturated carbocycles. The van der Waals surface area contributed by atoms with Gasteiger partial charge >= 0.3 is 5.97 Å². The van der Waals surface area contributed by atoms with Crippen LogP contribution in [0.4, 0.5) is 0 Å². The first kappa shape index (κ1) is 50.8. The van der Waals surface area contributed by atoms with Crippen molar-refractivity contribution in [2.75, 3.05) is 47.8 Å². The molecule has 1 aromatic heterocycles. The number of fused-ring (bicyclic) bond motifs is 1. The Morgan fingerprint density at radius 2 is 1.42 bits per heavy atom. The van der Waals surface area contributed by atoms with Crippen molar-refractivity contribution in [2.24, 2.45) is 0 Å². The highest BCUT2D eigenvalue weighted by Gasteiger charge is 2.55. The average Bonchev–Trinajstić information content (AvgIpc) is 3.62. The van der Waals surface area contributed by atoms with E-state index in [0.717, 1.165) is 19.3 Å². The van der Waals surface area contributed by atoms with E-state index in [-0.39, 0.29) is 28.6 Å². The molecule has 3 aliphatic rings. The van der Waals surface area contributed by atoms with Crippen molar-refractivity contribution in [3.63, 3.8) is 0 Å². The van der Waals surface area contributed by atoms with Gasteiger partial charge in [-0.1, -0.05) is 6.07 Å². The Bertz CT molecular complexity index is 2560. The summed E-state index contributed by atoms with van der Waals surface area (Å²) in [6.45, 7) is -3.43. The van der Waals surface area contributed by atoms with Gasteiger partial charge in [-0.3, -0.25) is 4.79 Å². The Morgan fingerprint density at radius 1 is 0.768 bits per heavy atom. The molecule has 4 aromatic rings. The van der Waals surface area contributed by atoms with Gasteiger partial charge in [0.05, 0.1) is 47.8 Å². The van der Waals surface area contributed by atoms with Crippen LogP contribution in [-0.4, -0.2) is 194 Å². The fraction of sp³-hybridized carbons (Fsp3) is 0.455.